The van der Waals surface area contributed by atoms with Crippen LogP contribution in [0.5, 0.6) is 0 Å². The zero-order chi connectivity index (χ0) is 16.3. The van der Waals surface area contributed by atoms with Gasteiger partial charge in [-0.15, -0.1) is 0 Å². The molecule has 1 aromatic rings. The Morgan fingerprint density at radius 2 is 2.23 bits per heavy atom. The lowest BCUT2D eigenvalue weighted by Crippen LogP contribution is -2.50. The summed E-state index contributed by atoms with van der Waals surface area (Å²) in [4.78, 5) is 33.5. The minimum atomic E-state index is -1.07. The predicted octanol–water partition coefficient (Wildman–Crippen LogP) is 0.541. The largest absolute Gasteiger partial charge is 0.481 e. The molecule has 1 aliphatic heterocycles. The number of nitro groups is 1. The molecule has 0 bridgehead atoms. The first-order chi connectivity index (χ1) is 10.3. The smallest absolute Gasteiger partial charge is 0.305 e. The second-order valence-corrected chi connectivity index (χ2v) is 5.10. The van der Waals surface area contributed by atoms with Gasteiger partial charge in [-0.1, -0.05) is 6.07 Å². The average molecular weight is 309 g/mol. The molecule has 1 unspecified atom stereocenters. The highest BCUT2D eigenvalue weighted by Crippen LogP contribution is 2.27. The number of aliphatic carboxylic acids is 1. The van der Waals surface area contributed by atoms with Crippen LogP contribution in [0, 0.1) is 10.1 Å². The zero-order valence-electron chi connectivity index (χ0n) is 11.6. The Hall–Kier alpha value is -2.68. The van der Waals surface area contributed by atoms with E-state index < -0.39 is 22.3 Å². The summed E-state index contributed by atoms with van der Waals surface area (Å²) < 4.78 is 5.17. The third-order valence-electron chi connectivity index (χ3n) is 3.50. The maximum absolute atomic E-state index is 12.3. The Morgan fingerprint density at radius 1 is 1.50 bits per heavy atom. The number of para-hydroxylation sites is 1. The molecule has 1 atom stereocenters. The van der Waals surface area contributed by atoms with Crippen molar-refractivity contribution >= 4 is 23.3 Å². The predicted molar refractivity (Wildman–Crippen MR) is 75.4 cm³/mol. The molecule has 0 spiro atoms. The quantitative estimate of drug-likeness (QED) is 0.409. The van der Waals surface area contributed by atoms with Crippen LogP contribution >= 0.6 is 0 Å². The second-order valence-electron chi connectivity index (χ2n) is 5.10. The summed E-state index contributed by atoms with van der Waals surface area (Å²) in [5.74, 6) is -1.73. The maximum Gasteiger partial charge on any atom is 0.305 e. The van der Waals surface area contributed by atoms with E-state index in [0.29, 0.717) is 13.0 Å². The summed E-state index contributed by atoms with van der Waals surface area (Å²) in [7, 11) is 0. The first-order valence-corrected chi connectivity index (χ1v) is 6.49. The van der Waals surface area contributed by atoms with Gasteiger partial charge in [0, 0.05) is 12.7 Å². The number of nitrogens with zero attached hydrogens (tertiary/aromatic N) is 1. The highest BCUT2D eigenvalue weighted by Gasteiger charge is 2.39. The fourth-order valence-electron chi connectivity index (χ4n) is 2.40. The van der Waals surface area contributed by atoms with Crippen molar-refractivity contribution in [2.45, 2.75) is 18.4 Å². The summed E-state index contributed by atoms with van der Waals surface area (Å²) in [5.41, 5.74) is 3.93. The second kappa shape index (κ2) is 5.98. The number of nitrogens with one attached hydrogen (secondary N) is 1. The third-order valence-corrected chi connectivity index (χ3v) is 3.50. The number of hydrogen-bond donors (Lipinski definition) is 3. The highest BCUT2D eigenvalue weighted by molar-refractivity contribution is 6.01. The van der Waals surface area contributed by atoms with E-state index in [4.69, 9.17) is 15.6 Å². The van der Waals surface area contributed by atoms with Crippen LogP contribution in [0.3, 0.4) is 0 Å². The molecule has 0 radical (unpaired) electrons. The summed E-state index contributed by atoms with van der Waals surface area (Å²) in [6.45, 7) is 0.401. The van der Waals surface area contributed by atoms with Gasteiger partial charge in [-0.25, -0.2) is 0 Å². The van der Waals surface area contributed by atoms with Crippen LogP contribution in [-0.2, 0) is 9.53 Å². The molecule has 118 valence electrons. The fraction of sp³-hybridized carbons (Fsp3) is 0.385. The number of anilines is 1. The monoisotopic (exact) mass is 309 g/mol. The van der Waals surface area contributed by atoms with Crippen molar-refractivity contribution in [1.82, 2.24) is 5.32 Å². The number of nitrogens with two attached hydrogens (primary N) is 1. The number of rotatable bonds is 5. The number of amides is 1. The van der Waals surface area contributed by atoms with E-state index in [-0.39, 0.29) is 30.0 Å². The first-order valence-electron chi connectivity index (χ1n) is 6.49. The Morgan fingerprint density at radius 3 is 2.77 bits per heavy atom. The molecule has 9 nitrogen and oxygen atoms in total. The molecule has 1 amide bonds. The average Bonchev–Trinajstić information content (AvgIpc) is 2.85. The number of carbonyl (C=O) groups excluding carboxylic acids is 1. The first kappa shape index (κ1) is 15.7. The maximum atomic E-state index is 12.3. The number of carboxylic acid groups (broad SMARTS) is 1. The molecule has 4 N–H and O–H groups in total. The lowest BCUT2D eigenvalue weighted by Gasteiger charge is -2.27. The van der Waals surface area contributed by atoms with Crippen LogP contribution in [-0.4, -0.2) is 40.7 Å². The van der Waals surface area contributed by atoms with Gasteiger partial charge >= 0.3 is 5.97 Å². The van der Waals surface area contributed by atoms with Crippen LogP contribution < -0.4 is 11.1 Å². The molecule has 1 fully saturated rings. The Labute approximate surface area is 125 Å². The summed E-state index contributed by atoms with van der Waals surface area (Å²) in [6.07, 6.45) is 0.0491. The standard InChI is InChI=1S/C13H15N3O6/c14-11-8(2-1-3-9(11)16(20)21)12(19)15-13(6-10(17)18)4-5-22-7-13/h1-3H,4-7,14H2,(H,15,19)(H,17,18). The van der Waals surface area contributed by atoms with Crippen LogP contribution in [0.2, 0.25) is 0 Å². The molecule has 22 heavy (non-hydrogen) atoms. The van der Waals surface area contributed by atoms with Gasteiger partial charge < -0.3 is 20.9 Å². The normalized spacial score (nSPS) is 20.5. The van der Waals surface area contributed by atoms with Crippen molar-refractivity contribution in [1.29, 1.82) is 0 Å². The van der Waals surface area contributed by atoms with Gasteiger partial charge in [0.05, 0.1) is 29.1 Å². The molecule has 1 aliphatic rings. The fourth-order valence-corrected chi connectivity index (χ4v) is 2.40. The topological polar surface area (TPSA) is 145 Å². The van der Waals surface area contributed by atoms with Gasteiger partial charge in [-0.3, -0.25) is 19.7 Å². The number of ether oxygens (including phenoxy) is 1. The van der Waals surface area contributed by atoms with E-state index >= 15 is 0 Å². The molecule has 9 heteroatoms. The van der Waals surface area contributed by atoms with Crippen LogP contribution in [0.25, 0.3) is 0 Å². The Bertz CT molecular complexity index is 624. The van der Waals surface area contributed by atoms with Gasteiger partial charge in [0.25, 0.3) is 11.6 Å². The van der Waals surface area contributed by atoms with E-state index in [1.54, 1.807) is 0 Å². The zero-order valence-corrected chi connectivity index (χ0v) is 11.6. The van der Waals surface area contributed by atoms with Gasteiger partial charge in [0.1, 0.15) is 5.69 Å². The van der Waals surface area contributed by atoms with E-state index in [0.717, 1.165) is 0 Å². The molecular formula is C13H15N3O6. The van der Waals surface area contributed by atoms with Crippen LogP contribution in [0.4, 0.5) is 11.4 Å². The number of carbonyl (C=O) groups is 2. The molecule has 1 saturated heterocycles. The summed E-state index contributed by atoms with van der Waals surface area (Å²) in [6, 6.07) is 3.89. The lowest BCUT2D eigenvalue weighted by atomic mass is 9.93. The molecule has 1 aromatic carbocycles. The molecule has 2 rings (SSSR count). The van der Waals surface area contributed by atoms with E-state index in [9.17, 15) is 19.7 Å². The minimum Gasteiger partial charge on any atom is -0.481 e. The van der Waals surface area contributed by atoms with Crippen LogP contribution in [0.15, 0.2) is 18.2 Å². The number of hydrogen-bond acceptors (Lipinski definition) is 6. The van der Waals surface area contributed by atoms with Crippen molar-refractivity contribution < 1.29 is 24.4 Å². The van der Waals surface area contributed by atoms with Gasteiger partial charge in [-0.05, 0) is 12.5 Å². The molecule has 0 aromatic heterocycles. The summed E-state index contributed by atoms with van der Waals surface area (Å²) in [5, 5.41) is 22.4. The highest BCUT2D eigenvalue weighted by atomic mass is 16.6. The van der Waals surface area contributed by atoms with Crippen LogP contribution in [0.1, 0.15) is 23.2 Å². The SMILES string of the molecule is Nc1c(C(=O)NC2(CC(=O)O)CCOC2)cccc1[N+](=O)[O-]. The third kappa shape index (κ3) is 3.14. The van der Waals surface area contributed by atoms with Crippen molar-refractivity contribution in [3.8, 4) is 0 Å². The van der Waals surface area contributed by atoms with Crippen molar-refractivity contribution in [2.75, 3.05) is 18.9 Å². The molecule has 0 aliphatic carbocycles. The Kier molecular flexibility index (Phi) is 4.27. The number of nitrogen functional groups attached to an aromatic ring is 1. The van der Waals surface area contributed by atoms with E-state index in [2.05, 4.69) is 5.32 Å². The van der Waals surface area contributed by atoms with Crippen molar-refractivity contribution in [3.63, 3.8) is 0 Å². The number of benzene rings is 1. The minimum absolute atomic E-state index is 0.0640. The van der Waals surface area contributed by atoms with Gasteiger partial charge in [0.15, 0.2) is 0 Å². The van der Waals surface area contributed by atoms with Gasteiger partial charge in [0.2, 0.25) is 0 Å². The van der Waals surface area contributed by atoms with Crippen molar-refractivity contribution in [3.05, 3.63) is 33.9 Å². The molecule has 1 heterocycles. The summed E-state index contributed by atoms with van der Waals surface area (Å²) >= 11 is 0. The van der Waals surface area contributed by atoms with Crippen molar-refractivity contribution in [2.24, 2.45) is 0 Å². The lowest BCUT2D eigenvalue weighted by molar-refractivity contribution is -0.383. The number of nitro benzene ring substituents is 1. The van der Waals surface area contributed by atoms with Gasteiger partial charge in [-0.2, -0.15) is 0 Å². The molecular weight excluding hydrogens is 294 g/mol. The number of carboxylic acids is 1. The van der Waals surface area contributed by atoms with E-state index in [1.165, 1.54) is 18.2 Å². The Balaban J connectivity index is 2.26. The van der Waals surface area contributed by atoms with E-state index in [1.807, 2.05) is 0 Å². The molecule has 0 saturated carbocycles.